The molecule has 0 N–H and O–H groups in total. The van der Waals surface area contributed by atoms with E-state index in [-0.39, 0.29) is 32.0 Å². The molecule has 0 saturated carbocycles. The number of phosphoric ester groups is 1. The summed E-state index contributed by atoms with van der Waals surface area (Å²) in [5.74, 6) is -0.823. The Morgan fingerprint density at radius 1 is 0.431 bits per heavy atom. The second-order valence-electron chi connectivity index (χ2n) is 22.1. The van der Waals surface area contributed by atoms with E-state index < -0.39 is 26.5 Å². The van der Waals surface area contributed by atoms with Crippen molar-refractivity contribution in [3.8, 4) is 0 Å². The largest absolute Gasteiger partial charge is 0.756 e. The molecule has 72 heavy (non-hydrogen) atoms. The molecule has 10 heteroatoms. The first kappa shape index (κ1) is 70.2. The van der Waals surface area contributed by atoms with E-state index >= 15 is 0 Å². The molecule has 0 aromatic carbocycles. The van der Waals surface area contributed by atoms with E-state index in [1.807, 2.05) is 21.1 Å². The number of likely N-dealkylation sites (N-methyl/N-ethyl adjacent to an activating group) is 1. The first-order chi connectivity index (χ1) is 35.0. The van der Waals surface area contributed by atoms with Crippen LogP contribution >= 0.6 is 7.82 Å². The highest BCUT2D eigenvalue weighted by atomic mass is 31.2. The molecule has 424 valence electrons. The molecular formula is C62H118NO8P. The van der Waals surface area contributed by atoms with Crippen molar-refractivity contribution in [1.82, 2.24) is 0 Å². The van der Waals surface area contributed by atoms with Gasteiger partial charge in [-0.3, -0.25) is 14.2 Å². The summed E-state index contributed by atoms with van der Waals surface area (Å²) in [7, 11) is 1.18. The van der Waals surface area contributed by atoms with Crippen LogP contribution < -0.4 is 4.89 Å². The molecule has 0 rings (SSSR count). The number of esters is 2. The van der Waals surface area contributed by atoms with Gasteiger partial charge >= 0.3 is 11.9 Å². The van der Waals surface area contributed by atoms with Gasteiger partial charge in [0.2, 0.25) is 0 Å². The smallest absolute Gasteiger partial charge is 0.306 e. The number of carbonyl (C=O) groups is 2. The monoisotopic (exact) mass is 1040 g/mol. The maximum atomic E-state index is 12.8. The van der Waals surface area contributed by atoms with Gasteiger partial charge in [0.15, 0.2) is 6.10 Å². The Hall–Kier alpha value is -1.77. The van der Waals surface area contributed by atoms with Crippen molar-refractivity contribution in [1.29, 1.82) is 0 Å². The van der Waals surface area contributed by atoms with Gasteiger partial charge in [-0.25, -0.2) is 0 Å². The van der Waals surface area contributed by atoms with Crippen molar-refractivity contribution in [2.75, 3.05) is 47.5 Å². The standard InChI is InChI=1S/C62H118NO8P/c1-6-8-10-12-14-16-18-20-22-24-26-28-30-31-33-34-36-38-40-42-44-46-48-50-52-54-61(64)68-58-60(59-70-72(66,67)69-57-56-63(3,4)5)71-62(65)55-53-51-49-47-45-43-41-39-37-35-32-29-27-25-23-21-19-17-15-13-11-9-7-2/h19,21,24-27,60H,6-18,20,22-23,28-59H2,1-5H3/b21-19-,26-24-,27-25-. The Bertz CT molecular complexity index is 1310. The predicted octanol–water partition coefficient (Wildman–Crippen LogP) is 18.5. The van der Waals surface area contributed by atoms with Crippen molar-refractivity contribution < 1.29 is 42.1 Å². The third-order valence-corrected chi connectivity index (χ3v) is 14.6. The predicted molar refractivity (Wildman–Crippen MR) is 305 cm³/mol. The number of hydrogen-bond donors (Lipinski definition) is 0. The summed E-state index contributed by atoms with van der Waals surface area (Å²) in [5.41, 5.74) is 0. The molecule has 9 nitrogen and oxygen atoms in total. The minimum absolute atomic E-state index is 0.0300. The van der Waals surface area contributed by atoms with Crippen LogP contribution in [0.15, 0.2) is 36.5 Å². The molecule has 0 heterocycles. The maximum Gasteiger partial charge on any atom is 0.306 e. The molecule has 0 spiro atoms. The molecule has 2 atom stereocenters. The van der Waals surface area contributed by atoms with Gasteiger partial charge in [0.25, 0.3) is 7.82 Å². The van der Waals surface area contributed by atoms with Gasteiger partial charge in [0.05, 0.1) is 27.7 Å². The normalized spacial score (nSPS) is 13.5. The molecule has 0 fully saturated rings. The lowest BCUT2D eigenvalue weighted by Crippen LogP contribution is -2.37. The zero-order chi connectivity index (χ0) is 52.7. The SMILES string of the molecule is CCCCCCC/C=C\C/C=C\CCCCCCCCCCCCCC(=O)OC(COC(=O)CCCCCCCCCCCCCCC/C=C\CCCCCCCCCC)COP(=O)([O-])OCC[N+](C)(C)C. The van der Waals surface area contributed by atoms with E-state index in [1.165, 1.54) is 218 Å². The average Bonchev–Trinajstić information content (AvgIpc) is 3.34. The van der Waals surface area contributed by atoms with Crippen molar-refractivity contribution in [2.24, 2.45) is 0 Å². The van der Waals surface area contributed by atoms with E-state index in [0.29, 0.717) is 17.4 Å². The maximum absolute atomic E-state index is 12.8. The molecule has 0 aliphatic heterocycles. The first-order valence-electron chi connectivity index (χ1n) is 30.7. The zero-order valence-electron chi connectivity index (χ0n) is 48.1. The summed E-state index contributed by atoms with van der Waals surface area (Å²) in [5, 5.41) is 0. The molecule has 0 amide bonds. The topological polar surface area (TPSA) is 111 Å². The highest BCUT2D eigenvalue weighted by Gasteiger charge is 2.22. The van der Waals surface area contributed by atoms with Crippen LogP contribution in [0.1, 0.15) is 296 Å². The number of rotatable bonds is 57. The fourth-order valence-electron chi connectivity index (χ4n) is 8.86. The van der Waals surface area contributed by atoms with E-state index in [4.69, 9.17) is 18.5 Å². The van der Waals surface area contributed by atoms with Gasteiger partial charge < -0.3 is 27.9 Å². The molecule has 0 aromatic rings. The third kappa shape index (κ3) is 57.5. The number of quaternary nitrogens is 1. The van der Waals surface area contributed by atoms with Gasteiger partial charge in [0, 0.05) is 12.8 Å². The summed E-state index contributed by atoms with van der Waals surface area (Å²) >= 11 is 0. The molecule has 0 radical (unpaired) electrons. The highest BCUT2D eigenvalue weighted by molar-refractivity contribution is 7.45. The third-order valence-electron chi connectivity index (χ3n) is 13.6. The number of ether oxygens (including phenoxy) is 2. The minimum Gasteiger partial charge on any atom is -0.756 e. The molecule has 0 bridgehead atoms. The van der Waals surface area contributed by atoms with Crippen molar-refractivity contribution in [2.45, 2.75) is 302 Å². The lowest BCUT2D eigenvalue weighted by atomic mass is 10.0. The minimum atomic E-state index is -4.64. The number of phosphoric acid groups is 1. The molecule has 0 aliphatic carbocycles. The Labute approximate surface area is 446 Å². The van der Waals surface area contributed by atoms with Gasteiger partial charge in [-0.2, -0.15) is 0 Å². The summed E-state index contributed by atoms with van der Waals surface area (Å²) in [6.07, 6.45) is 66.2. The van der Waals surface area contributed by atoms with Crippen molar-refractivity contribution in [3.63, 3.8) is 0 Å². The number of unbranched alkanes of at least 4 members (excludes halogenated alkanes) is 37. The van der Waals surface area contributed by atoms with Crippen LogP contribution in [-0.2, 0) is 32.7 Å². The summed E-state index contributed by atoms with van der Waals surface area (Å²) in [6.45, 7) is 4.27. The number of hydrogen-bond acceptors (Lipinski definition) is 8. The number of carbonyl (C=O) groups excluding carboxylic acids is 2. The lowest BCUT2D eigenvalue weighted by Gasteiger charge is -2.28. The Morgan fingerprint density at radius 2 is 0.750 bits per heavy atom. The van der Waals surface area contributed by atoms with Gasteiger partial charge in [-0.05, 0) is 70.6 Å². The lowest BCUT2D eigenvalue weighted by molar-refractivity contribution is -0.870. The van der Waals surface area contributed by atoms with Gasteiger partial charge in [-0.1, -0.05) is 249 Å². The van der Waals surface area contributed by atoms with Crippen LogP contribution in [0.25, 0.3) is 0 Å². The Balaban J connectivity index is 4.11. The van der Waals surface area contributed by atoms with Crippen LogP contribution in [-0.4, -0.2) is 70.0 Å². The van der Waals surface area contributed by atoms with Crippen LogP contribution in [0.4, 0.5) is 0 Å². The van der Waals surface area contributed by atoms with Gasteiger partial charge in [0.1, 0.15) is 19.8 Å². The Morgan fingerprint density at radius 3 is 1.11 bits per heavy atom. The average molecular weight is 1040 g/mol. The van der Waals surface area contributed by atoms with Gasteiger partial charge in [-0.15, -0.1) is 0 Å². The highest BCUT2D eigenvalue weighted by Crippen LogP contribution is 2.38. The van der Waals surface area contributed by atoms with Crippen LogP contribution in [0.2, 0.25) is 0 Å². The van der Waals surface area contributed by atoms with E-state index in [9.17, 15) is 19.0 Å². The second-order valence-corrected chi connectivity index (χ2v) is 23.5. The van der Waals surface area contributed by atoms with E-state index in [1.54, 1.807) is 0 Å². The molecule has 0 saturated heterocycles. The fourth-order valence-corrected chi connectivity index (χ4v) is 9.59. The Kier molecular flexibility index (Phi) is 52.7. The summed E-state index contributed by atoms with van der Waals surface area (Å²) < 4.78 is 34.2. The number of nitrogens with zero attached hydrogens (tertiary/aromatic N) is 1. The first-order valence-corrected chi connectivity index (χ1v) is 32.2. The summed E-state index contributed by atoms with van der Waals surface area (Å²) in [6, 6.07) is 0. The van der Waals surface area contributed by atoms with Crippen LogP contribution in [0, 0.1) is 0 Å². The van der Waals surface area contributed by atoms with Crippen LogP contribution in [0.3, 0.4) is 0 Å². The quantitative estimate of drug-likeness (QED) is 0.0195. The zero-order valence-corrected chi connectivity index (χ0v) is 49.0. The summed E-state index contributed by atoms with van der Waals surface area (Å²) in [4.78, 5) is 37.9. The number of allylic oxidation sites excluding steroid dienone is 6. The van der Waals surface area contributed by atoms with Crippen molar-refractivity contribution in [3.05, 3.63) is 36.5 Å². The van der Waals surface area contributed by atoms with E-state index in [0.717, 1.165) is 44.9 Å². The second kappa shape index (κ2) is 54.0. The molecule has 2 unspecified atom stereocenters. The molecule has 0 aliphatic rings. The van der Waals surface area contributed by atoms with Crippen LogP contribution in [0.5, 0.6) is 0 Å². The fraction of sp³-hybridized carbons (Fsp3) is 0.871. The molecular weight excluding hydrogens is 918 g/mol. The van der Waals surface area contributed by atoms with Crippen molar-refractivity contribution >= 4 is 19.8 Å². The molecule has 0 aromatic heterocycles. The van der Waals surface area contributed by atoms with E-state index in [2.05, 4.69) is 50.3 Å².